The minimum atomic E-state index is -4.92. The number of nitrogens with one attached hydrogen (secondary N) is 1. The normalized spacial score (nSPS) is 12.3. The summed E-state index contributed by atoms with van der Waals surface area (Å²) in [6, 6.07) is 3.37. The number of aromatic nitrogens is 2. The van der Waals surface area contributed by atoms with Crippen LogP contribution in [-0.4, -0.2) is 56.5 Å². The van der Waals surface area contributed by atoms with Gasteiger partial charge in [0.05, 0.1) is 24.7 Å². The van der Waals surface area contributed by atoms with E-state index in [2.05, 4.69) is 14.7 Å². The zero-order valence-electron chi connectivity index (χ0n) is 17.2. The predicted molar refractivity (Wildman–Crippen MR) is 113 cm³/mol. The fourth-order valence-electron chi connectivity index (χ4n) is 2.52. The predicted octanol–water partition coefficient (Wildman–Crippen LogP) is 4.89. The summed E-state index contributed by atoms with van der Waals surface area (Å²) in [5.41, 5.74) is 2.40. The van der Waals surface area contributed by atoms with Crippen molar-refractivity contribution in [3.63, 3.8) is 0 Å². The third-order valence-corrected chi connectivity index (χ3v) is 4.61. The van der Waals surface area contributed by atoms with E-state index in [1.165, 1.54) is 13.2 Å². The fourth-order valence-corrected chi connectivity index (χ4v) is 2.88. The van der Waals surface area contributed by atoms with Gasteiger partial charge in [-0.2, -0.15) is 22.6 Å². The third-order valence-electron chi connectivity index (χ3n) is 3.93. The maximum Gasteiger partial charge on any atom is 0.573 e. The van der Waals surface area contributed by atoms with Crippen LogP contribution in [0.3, 0.4) is 0 Å². The molecule has 0 aliphatic carbocycles. The molecule has 1 aromatic heterocycles. The summed E-state index contributed by atoms with van der Waals surface area (Å²) in [7, 11) is 1.37. The molecule has 2 aromatic rings. The van der Waals surface area contributed by atoms with Crippen molar-refractivity contribution < 1.29 is 49.8 Å². The van der Waals surface area contributed by atoms with Crippen LogP contribution in [0.5, 0.6) is 5.75 Å². The number of hydrazine groups is 1. The topological polar surface area (TPSA) is 93.7 Å². The van der Waals surface area contributed by atoms with E-state index in [4.69, 9.17) is 4.74 Å². The average Bonchev–Trinajstić information content (AvgIpc) is 2.73. The minimum absolute atomic E-state index is 0.0704. The molecule has 0 spiro atoms. The Morgan fingerprint density at radius 3 is 2.06 bits per heavy atom. The van der Waals surface area contributed by atoms with Gasteiger partial charge in [-0.1, -0.05) is 0 Å². The molecule has 0 saturated heterocycles. The largest absolute Gasteiger partial charge is 0.573 e. The molecule has 192 valence electrons. The molecule has 0 bridgehead atoms. The highest BCUT2D eigenvalue weighted by atomic mass is 79.9. The SMILES string of the molecule is COCCc1cc(OC(F)(F)F)ccc1-c1cnc(NN(C(=O)C(F)(F)Br)C(=O)C(F)(F)Br)cn1. The summed E-state index contributed by atoms with van der Waals surface area (Å²) in [6.07, 6.45) is -2.96. The summed E-state index contributed by atoms with van der Waals surface area (Å²) in [5.74, 6) is -5.79. The van der Waals surface area contributed by atoms with Crippen LogP contribution in [0.15, 0.2) is 30.6 Å². The Kier molecular flexibility index (Phi) is 9.05. The molecule has 2 rings (SSSR count). The lowest BCUT2D eigenvalue weighted by molar-refractivity contribution is -0.274. The number of carbonyl (C=O) groups is 2. The molecule has 1 N–H and O–H groups in total. The van der Waals surface area contributed by atoms with Gasteiger partial charge in [-0.25, -0.2) is 4.98 Å². The highest BCUT2D eigenvalue weighted by Gasteiger charge is 2.49. The number of benzene rings is 1. The first kappa shape index (κ1) is 28.7. The zero-order chi connectivity index (χ0) is 26.6. The van der Waals surface area contributed by atoms with Crippen molar-refractivity contribution in [3.05, 3.63) is 36.2 Å². The molecule has 17 heteroatoms. The molecular formula is C18H13Br2F7N4O4. The molecule has 0 atom stereocenters. The van der Waals surface area contributed by atoms with Gasteiger partial charge in [0.25, 0.3) is 0 Å². The molecule has 8 nitrogen and oxygen atoms in total. The number of imide groups is 1. The molecular weight excluding hydrogens is 629 g/mol. The highest BCUT2D eigenvalue weighted by Crippen LogP contribution is 2.32. The second kappa shape index (κ2) is 11.0. The fraction of sp³-hybridized carbons (Fsp3) is 0.333. The van der Waals surface area contributed by atoms with Crippen molar-refractivity contribution in [2.45, 2.75) is 22.4 Å². The number of nitrogens with zero attached hydrogens (tertiary/aromatic N) is 3. The van der Waals surface area contributed by atoms with Gasteiger partial charge < -0.3 is 9.47 Å². The van der Waals surface area contributed by atoms with E-state index in [0.717, 1.165) is 24.5 Å². The summed E-state index contributed by atoms with van der Waals surface area (Å²) < 4.78 is 99.7. The second-order valence-electron chi connectivity index (χ2n) is 6.45. The third kappa shape index (κ3) is 8.28. The van der Waals surface area contributed by atoms with Crippen molar-refractivity contribution in [2.75, 3.05) is 19.1 Å². The number of ether oxygens (including phenoxy) is 2. The standard InChI is InChI=1S/C18H13Br2F7N4O4/c1-34-5-4-9-6-10(35-18(25,26)27)2-3-11(9)12-7-29-13(8-28-12)30-31(14(32)16(19,21)22)15(33)17(20,23)24/h2-3,6-8H,4-5H2,1H3,(H,29,30). The average molecular weight is 642 g/mol. The molecule has 0 unspecified atom stereocenters. The van der Waals surface area contributed by atoms with Crippen molar-refractivity contribution in [3.8, 4) is 17.0 Å². The van der Waals surface area contributed by atoms with Crippen molar-refractivity contribution >= 4 is 49.5 Å². The molecule has 0 fully saturated rings. The van der Waals surface area contributed by atoms with E-state index in [0.29, 0.717) is 11.1 Å². The molecule has 1 heterocycles. The number of amides is 2. The van der Waals surface area contributed by atoms with Gasteiger partial charge in [0.1, 0.15) is 5.75 Å². The van der Waals surface area contributed by atoms with E-state index >= 15 is 0 Å². The first-order valence-electron chi connectivity index (χ1n) is 9.02. The van der Waals surface area contributed by atoms with Gasteiger partial charge in [-0.15, -0.1) is 13.2 Å². The van der Waals surface area contributed by atoms with Gasteiger partial charge >= 0.3 is 27.8 Å². The zero-order valence-corrected chi connectivity index (χ0v) is 20.3. The van der Waals surface area contributed by atoms with Crippen LogP contribution < -0.4 is 10.2 Å². The van der Waals surface area contributed by atoms with E-state index < -0.39 is 44.4 Å². The first-order chi connectivity index (χ1) is 16.0. The van der Waals surface area contributed by atoms with E-state index in [-0.39, 0.29) is 18.7 Å². The van der Waals surface area contributed by atoms with Crippen molar-refractivity contribution in [2.24, 2.45) is 0 Å². The summed E-state index contributed by atoms with van der Waals surface area (Å²) in [4.78, 5) is 22.5. The van der Waals surface area contributed by atoms with Crippen molar-refractivity contribution in [1.82, 2.24) is 15.0 Å². The van der Waals surface area contributed by atoms with Gasteiger partial charge in [0, 0.05) is 44.5 Å². The molecule has 0 aliphatic rings. The van der Waals surface area contributed by atoms with E-state index in [1.807, 2.05) is 0 Å². The lowest BCUT2D eigenvalue weighted by atomic mass is 10.0. The van der Waals surface area contributed by atoms with Gasteiger partial charge in [-0.3, -0.25) is 20.0 Å². The Labute approximate surface area is 209 Å². The Morgan fingerprint density at radius 1 is 1.00 bits per heavy atom. The lowest BCUT2D eigenvalue weighted by Gasteiger charge is -2.25. The highest BCUT2D eigenvalue weighted by molar-refractivity contribution is 9.10. The van der Waals surface area contributed by atoms with Crippen molar-refractivity contribution in [1.29, 1.82) is 0 Å². The Morgan fingerprint density at radius 2 is 1.60 bits per heavy atom. The van der Waals surface area contributed by atoms with Gasteiger partial charge in [0.15, 0.2) is 5.82 Å². The van der Waals surface area contributed by atoms with Gasteiger partial charge in [-0.05, 0) is 30.2 Å². The molecule has 1 aromatic carbocycles. The van der Waals surface area contributed by atoms with Crippen LogP contribution in [0, 0.1) is 0 Å². The number of carbonyl (C=O) groups excluding carboxylic acids is 2. The van der Waals surface area contributed by atoms with Crippen LogP contribution in [0.4, 0.5) is 36.6 Å². The Hall–Kier alpha value is -2.53. The monoisotopic (exact) mass is 640 g/mol. The molecule has 0 saturated carbocycles. The van der Waals surface area contributed by atoms with Crippen LogP contribution in [-0.2, 0) is 20.7 Å². The molecule has 0 radical (unpaired) electrons. The van der Waals surface area contributed by atoms with Crippen LogP contribution in [0.1, 0.15) is 5.56 Å². The van der Waals surface area contributed by atoms with Crippen LogP contribution in [0.25, 0.3) is 11.3 Å². The molecule has 0 aliphatic heterocycles. The van der Waals surface area contributed by atoms with E-state index in [1.54, 1.807) is 37.3 Å². The number of anilines is 1. The number of alkyl halides is 9. The summed E-state index contributed by atoms with van der Waals surface area (Å²) in [5, 5.41) is -0.652. The smallest absolute Gasteiger partial charge is 0.406 e. The Bertz CT molecular complexity index is 1030. The summed E-state index contributed by atoms with van der Waals surface area (Å²) >= 11 is 3.37. The quantitative estimate of drug-likeness (QED) is 0.237. The molecule has 35 heavy (non-hydrogen) atoms. The van der Waals surface area contributed by atoms with Crippen LogP contribution >= 0.6 is 31.9 Å². The lowest BCUT2D eigenvalue weighted by Crippen LogP contribution is -2.52. The van der Waals surface area contributed by atoms with Gasteiger partial charge in [0.2, 0.25) is 0 Å². The molecule has 2 amide bonds. The minimum Gasteiger partial charge on any atom is -0.406 e. The number of hydrogen-bond acceptors (Lipinski definition) is 7. The van der Waals surface area contributed by atoms with E-state index in [9.17, 15) is 40.3 Å². The second-order valence-corrected chi connectivity index (χ2v) is 8.44. The maximum atomic E-state index is 13.3. The van der Waals surface area contributed by atoms with Crippen LogP contribution in [0.2, 0.25) is 0 Å². The number of halogens is 9. The number of methoxy groups -OCH3 is 1. The number of hydrogen-bond donors (Lipinski definition) is 1. The first-order valence-corrected chi connectivity index (χ1v) is 10.6. The Balaban J connectivity index is 2.37. The summed E-state index contributed by atoms with van der Waals surface area (Å²) in [6.45, 7) is 0.121. The maximum absolute atomic E-state index is 13.3. The number of rotatable bonds is 9.